The van der Waals surface area contributed by atoms with Crippen LogP contribution in [0.5, 0.6) is 0 Å². The minimum Gasteiger partial charge on any atom is -0.345 e. The van der Waals surface area contributed by atoms with Gasteiger partial charge < -0.3 is 20.1 Å². The second-order valence-corrected chi connectivity index (χ2v) is 4.69. The molecule has 3 amide bonds. The zero-order valence-corrected chi connectivity index (χ0v) is 10.9. The lowest BCUT2D eigenvalue weighted by Gasteiger charge is -2.32. The Hall–Kier alpha value is -2.57. The van der Waals surface area contributed by atoms with Crippen LogP contribution in [-0.2, 0) is 4.79 Å². The summed E-state index contributed by atoms with van der Waals surface area (Å²) in [5.74, 6) is 0. The van der Waals surface area contributed by atoms with Crippen LogP contribution in [0.25, 0.3) is 11.0 Å². The first kappa shape index (κ1) is 12.5. The third-order valence-electron chi connectivity index (χ3n) is 3.42. The molecule has 0 aliphatic carbocycles. The highest BCUT2D eigenvalue weighted by Crippen LogP contribution is 2.16. The quantitative estimate of drug-likeness (QED) is 0.797. The number of nitrogens with one attached hydrogen (secondary N) is 2. The second kappa shape index (κ2) is 5.20. The van der Waals surface area contributed by atoms with Crippen molar-refractivity contribution in [3.05, 3.63) is 24.5 Å². The van der Waals surface area contributed by atoms with Crippen molar-refractivity contribution in [2.45, 2.75) is 0 Å². The van der Waals surface area contributed by atoms with Gasteiger partial charge in [0.1, 0.15) is 0 Å². The first-order chi connectivity index (χ1) is 9.76. The average Bonchev–Trinajstić information content (AvgIpc) is 2.95. The number of benzene rings is 1. The Kier molecular flexibility index (Phi) is 3.24. The Morgan fingerprint density at radius 3 is 2.85 bits per heavy atom. The van der Waals surface area contributed by atoms with Crippen LogP contribution in [0.15, 0.2) is 24.5 Å². The standard InChI is InChI=1S/C13H15N5O2/c19-9-17-3-5-18(6-4-17)13(20)16-10-1-2-11-12(7-10)15-8-14-11/h1-2,7-9H,3-6H2,(H,14,15)(H,16,20). The summed E-state index contributed by atoms with van der Waals surface area (Å²) in [5, 5.41) is 2.86. The zero-order chi connectivity index (χ0) is 13.9. The van der Waals surface area contributed by atoms with Crippen LogP contribution >= 0.6 is 0 Å². The minimum absolute atomic E-state index is 0.144. The molecule has 2 heterocycles. The van der Waals surface area contributed by atoms with E-state index in [1.165, 1.54) is 0 Å². The predicted molar refractivity (Wildman–Crippen MR) is 74.3 cm³/mol. The Morgan fingerprint density at radius 2 is 2.10 bits per heavy atom. The summed E-state index contributed by atoms with van der Waals surface area (Å²) in [5.41, 5.74) is 2.47. The van der Waals surface area contributed by atoms with E-state index in [0.29, 0.717) is 26.2 Å². The summed E-state index contributed by atoms with van der Waals surface area (Å²) in [7, 11) is 0. The molecule has 7 heteroatoms. The summed E-state index contributed by atoms with van der Waals surface area (Å²) in [6.07, 6.45) is 2.44. The molecule has 0 spiro atoms. The molecule has 0 saturated carbocycles. The molecule has 7 nitrogen and oxygen atoms in total. The van der Waals surface area contributed by atoms with Gasteiger partial charge in [-0.1, -0.05) is 0 Å². The number of amides is 3. The number of anilines is 1. The van der Waals surface area contributed by atoms with Crippen LogP contribution in [0.1, 0.15) is 0 Å². The lowest BCUT2D eigenvalue weighted by Crippen LogP contribution is -2.49. The van der Waals surface area contributed by atoms with E-state index in [1.807, 2.05) is 18.2 Å². The molecule has 20 heavy (non-hydrogen) atoms. The summed E-state index contributed by atoms with van der Waals surface area (Å²) < 4.78 is 0. The summed E-state index contributed by atoms with van der Waals surface area (Å²) in [6.45, 7) is 2.26. The summed E-state index contributed by atoms with van der Waals surface area (Å²) in [6, 6.07) is 5.38. The third-order valence-corrected chi connectivity index (χ3v) is 3.42. The largest absolute Gasteiger partial charge is 0.345 e. The highest BCUT2D eigenvalue weighted by Gasteiger charge is 2.20. The van der Waals surface area contributed by atoms with E-state index in [4.69, 9.17) is 0 Å². The van der Waals surface area contributed by atoms with Crippen LogP contribution in [0.3, 0.4) is 0 Å². The number of carbonyl (C=O) groups excluding carboxylic acids is 2. The van der Waals surface area contributed by atoms with E-state index in [0.717, 1.165) is 23.1 Å². The van der Waals surface area contributed by atoms with Crippen molar-refractivity contribution in [2.75, 3.05) is 31.5 Å². The molecule has 0 radical (unpaired) electrons. The van der Waals surface area contributed by atoms with E-state index in [9.17, 15) is 9.59 Å². The Morgan fingerprint density at radius 1 is 1.30 bits per heavy atom. The fraction of sp³-hybridized carbons (Fsp3) is 0.308. The number of piperazine rings is 1. The number of hydrogen-bond acceptors (Lipinski definition) is 3. The van der Waals surface area contributed by atoms with Crippen molar-refractivity contribution in [3.8, 4) is 0 Å². The molecule has 2 aromatic rings. The number of imidazole rings is 1. The maximum absolute atomic E-state index is 12.1. The van der Waals surface area contributed by atoms with Gasteiger partial charge >= 0.3 is 6.03 Å². The molecule has 0 bridgehead atoms. The lowest BCUT2D eigenvalue weighted by molar-refractivity contribution is -0.119. The van der Waals surface area contributed by atoms with Gasteiger partial charge in [-0.25, -0.2) is 9.78 Å². The van der Waals surface area contributed by atoms with Gasteiger partial charge in [-0.15, -0.1) is 0 Å². The third kappa shape index (κ3) is 2.42. The fourth-order valence-electron chi connectivity index (χ4n) is 2.25. The Balaban J connectivity index is 1.65. The zero-order valence-electron chi connectivity index (χ0n) is 10.9. The Bertz CT molecular complexity index is 630. The number of H-pyrrole nitrogens is 1. The van der Waals surface area contributed by atoms with Gasteiger partial charge in [0.15, 0.2) is 0 Å². The van der Waals surface area contributed by atoms with Gasteiger partial charge in [-0.2, -0.15) is 0 Å². The number of aromatic amines is 1. The van der Waals surface area contributed by atoms with Crippen molar-refractivity contribution in [1.82, 2.24) is 19.8 Å². The molecule has 1 fully saturated rings. The van der Waals surface area contributed by atoms with Crippen molar-refractivity contribution < 1.29 is 9.59 Å². The topological polar surface area (TPSA) is 81.3 Å². The van der Waals surface area contributed by atoms with Gasteiger partial charge in [-0.3, -0.25) is 4.79 Å². The first-order valence-corrected chi connectivity index (χ1v) is 6.45. The van der Waals surface area contributed by atoms with Crippen LogP contribution in [0.4, 0.5) is 10.5 Å². The van der Waals surface area contributed by atoms with Crippen LogP contribution < -0.4 is 5.32 Å². The predicted octanol–water partition coefficient (Wildman–Crippen LogP) is 0.869. The van der Waals surface area contributed by atoms with E-state index in [1.54, 1.807) is 16.1 Å². The average molecular weight is 273 g/mol. The number of rotatable bonds is 2. The van der Waals surface area contributed by atoms with Gasteiger partial charge in [-0.05, 0) is 18.2 Å². The highest BCUT2D eigenvalue weighted by atomic mass is 16.2. The van der Waals surface area contributed by atoms with Crippen molar-refractivity contribution in [1.29, 1.82) is 0 Å². The molecule has 1 aromatic heterocycles. The molecule has 0 unspecified atom stereocenters. The minimum atomic E-state index is -0.144. The van der Waals surface area contributed by atoms with Gasteiger partial charge in [0.25, 0.3) is 0 Å². The number of nitrogens with zero attached hydrogens (tertiary/aromatic N) is 3. The van der Waals surface area contributed by atoms with E-state index >= 15 is 0 Å². The fourth-order valence-corrected chi connectivity index (χ4v) is 2.25. The Labute approximate surface area is 115 Å². The number of aromatic nitrogens is 2. The van der Waals surface area contributed by atoms with Crippen molar-refractivity contribution in [2.24, 2.45) is 0 Å². The molecule has 0 atom stereocenters. The van der Waals surface area contributed by atoms with Gasteiger partial charge in [0, 0.05) is 31.9 Å². The summed E-state index contributed by atoms with van der Waals surface area (Å²) in [4.78, 5) is 33.2. The van der Waals surface area contributed by atoms with E-state index < -0.39 is 0 Å². The van der Waals surface area contributed by atoms with Crippen LogP contribution in [0, 0.1) is 0 Å². The van der Waals surface area contributed by atoms with Crippen LogP contribution in [0.2, 0.25) is 0 Å². The van der Waals surface area contributed by atoms with E-state index in [-0.39, 0.29) is 6.03 Å². The van der Waals surface area contributed by atoms with Crippen LogP contribution in [-0.4, -0.2) is 58.4 Å². The normalized spacial score (nSPS) is 15.4. The molecule has 2 N–H and O–H groups in total. The molecule has 104 valence electrons. The number of carbonyl (C=O) groups is 2. The number of fused-ring (bicyclic) bond motifs is 1. The lowest BCUT2D eigenvalue weighted by atomic mass is 10.3. The van der Waals surface area contributed by atoms with Crippen molar-refractivity contribution in [3.63, 3.8) is 0 Å². The van der Waals surface area contributed by atoms with Crippen molar-refractivity contribution >= 4 is 29.2 Å². The van der Waals surface area contributed by atoms with E-state index in [2.05, 4.69) is 15.3 Å². The molecule has 3 rings (SSSR count). The van der Waals surface area contributed by atoms with Gasteiger partial charge in [0.2, 0.25) is 6.41 Å². The maximum atomic E-state index is 12.1. The molecular formula is C13H15N5O2. The number of urea groups is 1. The summed E-state index contributed by atoms with van der Waals surface area (Å²) >= 11 is 0. The molecule has 1 aliphatic heterocycles. The van der Waals surface area contributed by atoms with Gasteiger partial charge in [0.05, 0.1) is 17.4 Å². The molecular weight excluding hydrogens is 258 g/mol. The monoisotopic (exact) mass is 273 g/mol. The first-order valence-electron chi connectivity index (χ1n) is 6.45. The molecule has 1 saturated heterocycles. The highest BCUT2D eigenvalue weighted by molar-refractivity contribution is 5.92. The smallest absolute Gasteiger partial charge is 0.321 e. The number of hydrogen-bond donors (Lipinski definition) is 2. The second-order valence-electron chi connectivity index (χ2n) is 4.69. The molecule has 1 aromatic carbocycles. The maximum Gasteiger partial charge on any atom is 0.321 e. The molecule has 1 aliphatic rings. The SMILES string of the molecule is O=CN1CCN(C(=O)Nc2ccc3nc[nH]c3c2)CC1.